The molecule has 0 spiro atoms. The van der Waals surface area contributed by atoms with E-state index in [0.717, 1.165) is 24.4 Å². The minimum Gasteiger partial charge on any atom is -0.497 e. The Kier molecular flexibility index (Phi) is 10.3. The highest BCUT2D eigenvalue weighted by molar-refractivity contribution is 5.86. The number of nitrogens with zero attached hydrogens (tertiary/aromatic N) is 2. The van der Waals surface area contributed by atoms with Gasteiger partial charge in [-0.15, -0.1) is 0 Å². The van der Waals surface area contributed by atoms with E-state index < -0.39 is 0 Å². The number of hydrogen-bond acceptors (Lipinski definition) is 4. The molecule has 0 aromatic heterocycles. The summed E-state index contributed by atoms with van der Waals surface area (Å²) < 4.78 is 5.12. The van der Waals surface area contributed by atoms with Crippen LogP contribution >= 0.6 is 0 Å². The molecular weight excluding hydrogens is 342 g/mol. The first-order valence-electron chi connectivity index (χ1n) is 9.47. The molecule has 0 aliphatic rings. The maximum Gasteiger partial charge on any atom is 0.239 e. The van der Waals surface area contributed by atoms with Crippen LogP contribution in [0, 0.1) is 0 Å². The van der Waals surface area contributed by atoms with Crippen molar-refractivity contribution in [3.05, 3.63) is 29.8 Å². The van der Waals surface area contributed by atoms with Crippen LogP contribution in [-0.4, -0.2) is 62.6 Å². The summed E-state index contributed by atoms with van der Waals surface area (Å²) in [6.45, 7) is 11.1. The van der Waals surface area contributed by atoms with E-state index in [4.69, 9.17) is 4.74 Å². The van der Waals surface area contributed by atoms with E-state index in [1.54, 1.807) is 14.2 Å². The predicted octanol–water partition coefficient (Wildman–Crippen LogP) is 1.60. The van der Waals surface area contributed by atoms with E-state index in [2.05, 4.69) is 53.5 Å². The van der Waals surface area contributed by atoms with Crippen molar-refractivity contribution in [2.24, 2.45) is 4.99 Å². The molecule has 0 heterocycles. The topological polar surface area (TPSA) is 78.0 Å². The molecule has 0 unspecified atom stereocenters. The van der Waals surface area contributed by atoms with Gasteiger partial charge in [-0.3, -0.25) is 14.7 Å². The maximum absolute atomic E-state index is 12.0. The van der Waals surface area contributed by atoms with Crippen molar-refractivity contribution in [3.8, 4) is 5.75 Å². The second-order valence-electron chi connectivity index (χ2n) is 6.90. The molecule has 3 N–H and O–H groups in total. The van der Waals surface area contributed by atoms with Crippen LogP contribution in [-0.2, 0) is 11.3 Å². The molecule has 0 fully saturated rings. The van der Waals surface area contributed by atoms with Gasteiger partial charge in [0.2, 0.25) is 5.91 Å². The fraction of sp³-hybridized carbons (Fsp3) is 0.600. The Balaban J connectivity index is 2.31. The number of aliphatic imine (C=N–C) groups is 1. The molecule has 0 aliphatic carbocycles. The summed E-state index contributed by atoms with van der Waals surface area (Å²) in [6.07, 6.45) is 0. The van der Waals surface area contributed by atoms with E-state index in [1.165, 1.54) is 0 Å². The Labute approximate surface area is 163 Å². The third-order valence-corrected chi connectivity index (χ3v) is 4.28. The van der Waals surface area contributed by atoms with Gasteiger partial charge in [-0.2, -0.15) is 0 Å². The molecular formula is C20H35N5O2. The lowest BCUT2D eigenvalue weighted by Gasteiger charge is -2.30. The van der Waals surface area contributed by atoms with E-state index in [-0.39, 0.29) is 12.5 Å². The Morgan fingerprint density at radius 2 is 1.70 bits per heavy atom. The number of guanidine groups is 1. The molecule has 152 valence electrons. The number of carbonyl (C=O) groups excluding carboxylic acids is 1. The van der Waals surface area contributed by atoms with Crippen LogP contribution < -0.4 is 20.7 Å². The van der Waals surface area contributed by atoms with Gasteiger partial charge in [0, 0.05) is 38.8 Å². The van der Waals surface area contributed by atoms with Crippen molar-refractivity contribution in [1.29, 1.82) is 0 Å². The van der Waals surface area contributed by atoms with Gasteiger partial charge in [0.25, 0.3) is 0 Å². The summed E-state index contributed by atoms with van der Waals surface area (Å²) >= 11 is 0. The molecule has 0 atom stereocenters. The molecule has 1 amide bonds. The van der Waals surface area contributed by atoms with E-state index >= 15 is 0 Å². The zero-order chi connectivity index (χ0) is 20.2. The summed E-state index contributed by atoms with van der Waals surface area (Å²) in [5.41, 5.74) is 1.02. The smallest absolute Gasteiger partial charge is 0.239 e. The number of carbonyl (C=O) groups is 1. The Bertz CT molecular complexity index is 577. The lowest BCUT2D eigenvalue weighted by Crippen LogP contribution is -2.47. The summed E-state index contributed by atoms with van der Waals surface area (Å²) in [4.78, 5) is 18.6. The predicted molar refractivity (Wildman–Crippen MR) is 111 cm³/mol. The molecule has 0 bridgehead atoms. The van der Waals surface area contributed by atoms with Crippen LogP contribution in [0.5, 0.6) is 5.75 Å². The van der Waals surface area contributed by atoms with Crippen LogP contribution in [0.25, 0.3) is 0 Å². The zero-order valence-corrected chi connectivity index (χ0v) is 17.5. The molecule has 1 rings (SSSR count). The van der Waals surface area contributed by atoms with Crippen LogP contribution in [0.1, 0.15) is 33.3 Å². The van der Waals surface area contributed by atoms with Crippen molar-refractivity contribution in [3.63, 3.8) is 0 Å². The first-order valence-corrected chi connectivity index (χ1v) is 9.47. The number of amides is 1. The van der Waals surface area contributed by atoms with Crippen molar-refractivity contribution in [2.45, 2.75) is 46.3 Å². The summed E-state index contributed by atoms with van der Waals surface area (Å²) in [5, 5.41) is 9.19. The van der Waals surface area contributed by atoms with Gasteiger partial charge in [0.05, 0.1) is 13.7 Å². The molecule has 0 saturated heterocycles. The van der Waals surface area contributed by atoms with Crippen molar-refractivity contribution < 1.29 is 9.53 Å². The number of ether oxygens (including phenoxy) is 1. The lowest BCUT2D eigenvalue weighted by atomic mass is 10.2. The summed E-state index contributed by atoms with van der Waals surface area (Å²) in [5.74, 6) is 1.34. The standard InChI is InChI=1S/C20H35N5O2/c1-15(2)25(16(3)4)12-11-22-20(21-5)24-14-19(26)23-13-17-7-9-18(27-6)10-8-17/h7-10,15-16H,11-14H2,1-6H3,(H,23,26)(H2,21,22,24). The number of nitrogens with one attached hydrogen (secondary N) is 3. The molecule has 0 aliphatic heterocycles. The quantitative estimate of drug-likeness (QED) is 0.426. The molecule has 1 aromatic carbocycles. The van der Waals surface area contributed by atoms with Crippen LogP contribution in [0.3, 0.4) is 0 Å². The molecule has 0 radical (unpaired) electrons. The molecule has 0 saturated carbocycles. The second-order valence-corrected chi connectivity index (χ2v) is 6.90. The minimum atomic E-state index is -0.0836. The Hall–Kier alpha value is -2.28. The number of rotatable bonds is 10. The van der Waals surface area contributed by atoms with Crippen LogP contribution in [0.15, 0.2) is 29.3 Å². The van der Waals surface area contributed by atoms with Gasteiger partial charge in [-0.1, -0.05) is 12.1 Å². The Morgan fingerprint density at radius 1 is 1.07 bits per heavy atom. The van der Waals surface area contributed by atoms with Crippen LogP contribution in [0.2, 0.25) is 0 Å². The van der Waals surface area contributed by atoms with Crippen molar-refractivity contribution in [1.82, 2.24) is 20.9 Å². The summed E-state index contributed by atoms with van der Waals surface area (Å²) in [7, 11) is 3.33. The van der Waals surface area contributed by atoms with E-state index in [9.17, 15) is 4.79 Å². The first-order chi connectivity index (χ1) is 12.9. The monoisotopic (exact) mass is 377 g/mol. The van der Waals surface area contributed by atoms with Gasteiger partial charge < -0.3 is 20.7 Å². The molecule has 27 heavy (non-hydrogen) atoms. The number of methoxy groups -OCH3 is 1. The van der Waals surface area contributed by atoms with Gasteiger partial charge >= 0.3 is 0 Å². The fourth-order valence-corrected chi connectivity index (χ4v) is 2.81. The summed E-state index contributed by atoms with van der Waals surface area (Å²) in [6, 6.07) is 8.60. The SMILES string of the molecule is CN=C(NCCN(C(C)C)C(C)C)NCC(=O)NCc1ccc(OC)cc1. The van der Waals surface area contributed by atoms with Gasteiger partial charge in [0.15, 0.2) is 5.96 Å². The van der Waals surface area contributed by atoms with Crippen LogP contribution in [0.4, 0.5) is 0 Å². The second kappa shape index (κ2) is 12.2. The lowest BCUT2D eigenvalue weighted by molar-refractivity contribution is -0.120. The average Bonchev–Trinajstić information content (AvgIpc) is 2.65. The third kappa shape index (κ3) is 8.77. The highest BCUT2D eigenvalue weighted by Crippen LogP contribution is 2.10. The minimum absolute atomic E-state index is 0.0836. The molecule has 1 aromatic rings. The largest absolute Gasteiger partial charge is 0.497 e. The highest BCUT2D eigenvalue weighted by Gasteiger charge is 2.12. The molecule has 7 heteroatoms. The zero-order valence-electron chi connectivity index (χ0n) is 17.5. The number of benzene rings is 1. The van der Waals surface area contributed by atoms with E-state index in [1.807, 2.05) is 24.3 Å². The van der Waals surface area contributed by atoms with Gasteiger partial charge in [0.1, 0.15) is 5.75 Å². The average molecular weight is 378 g/mol. The normalized spacial score (nSPS) is 11.8. The number of hydrogen-bond donors (Lipinski definition) is 3. The van der Waals surface area contributed by atoms with Gasteiger partial charge in [-0.25, -0.2) is 0 Å². The fourth-order valence-electron chi connectivity index (χ4n) is 2.81. The first kappa shape index (κ1) is 22.8. The highest BCUT2D eigenvalue weighted by atomic mass is 16.5. The molecule has 7 nitrogen and oxygen atoms in total. The Morgan fingerprint density at radius 3 is 2.22 bits per heavy atom. The maximum atomic E-state index is 12.0. The van der Waals surface area contributed by atoms with Crippen molar-refractivity contribution >= 4 is 11.9 Å². The third-order valence-electron chi connectivity index (χ3n) is 4.28. The van der Waals surface area contributed by atoms with E-state index in [0.29, 0.717) is 24.6 Å². The van der Waals surface area contributed by atoms with Crippen molar-refractivity contribution in [2.75, 3.05) is 33.8 Å². The van der Waals surface area contributed by atoms with Gasteiger partial charge in [-0.05, 0) is 45.4 Å².